The first-order valence-electron chi connectivity index (χ1n) is 7.17. The summed E-state index contributed by atoms with van der Waals surface area (Å²) >= 11 is 0. The number of nitrogens with one attached hydrogen (secondary N) is 2. The van der Waals surface area contributed by atoms with Gasteiger partial charge in [0.15, 0.2) is 0 Å². The van der Waals surface area contributed by atoms with Crippen LogP contribution in [0, 0.1) is 20.8 Å². The molecule has 18 heavy (non-hydrogen) atoms. The van der Waals surface area contributed by atoms with E-state index >= 15 is 0 Å². The molecule has 1 aromatic rings. The average Bonchev–Trinajstić information content (AvgIpc) is 3.09. The fourth-order valence-electron chi connectivity index (χ4n) is 2.59. The Kier molecular flexibility index (Phi) is 4.79. The van der Waals surface area contributed by atoms with E-state index in [2.05, 4.69) is 43.5 Å². The largest absolute Gasteiger partial charge is 0.315 e. The molecule has 0 saturated heterocycles. The van der Waals surface area contributed by atoms with E-state index in [1.807, 2.05) is 0 Å². The zero-order valence-corrected chi connectivity index (χ0v) is 12.0. The first-order valence-corrected chi connectivity index (χ1v) is 7.17. The minimum Gasteiger partial charge on any atom is -0.315 e. The van der Waals surface area contributed by atoms with Crippen LogP contribution in [0.15, 0.2) is 12.1 Å². The van der Waals surface area contributed by atoms with Gasteiger partial charge in [-0.05, 0) is 63.3 Å². The third kappa shape index (κ3) is 4.11. The third-order valence-electron chi connectivity index (χ3n) is 3.70. The first-order chi connectivity index (χ1) is 8.66. The Bertz CT molecular complexity index is 371. The van der Waals surface area contributed by atoms with Gasteiger partial charge in [-0.25, -0.2) is 0 Å². The predicted molar refractivity (Wildman–Crippen MR) is 78.3 cm³/mol. The van der Waals surface area contributed by atoms with Gasteiger partial charge in [-0.15, -0.1) is 0 Å². The molecule has 0 atom stereocenters. The fraction of sp³-hybridized carbons (Fsp3) is 0.625. The Morgan fingerprint density at radius 2 is 1.67 bits per heavy atom. The lowest BCUT2D eigenvalue weighted by Crippen LogP contribution is -2.29. The molecule has 0 heterocycles. The maximum atomic E-state index is 3.52. The van der Waals surface area contributed by atoms with Crippen molar-refractivity contribution in [2.75, 3.05) is 19.6 Å². The van der Waals surface area contributed by atoms with Crippen molar-refractivity contribution in [3.05, 3.63) is 34.4 Å². The van der Waals surface area contributed by atoms with Gasteiger partial charge in [0.25, 0.3) is 0 Å². The minimum absolute atomic E-state index is 0.827. The maximum absolute atomic E-state index is 3.52. The van der Waals surface area contributed by atoms with Crippen molar-refractivity contribution in [3.8, 4) is 0 Å². The van der Waals surface area contributed by atoms with Crippen molar-refractivity contribution in [1.29, 1.82) is 0 Å². The summed E-state index contributed by atoms with van der Waals surface area (Å²) in [4.78, 5) is 0. The van der Waals surface area contributed by atoms with Crippen LogP contribution >= 0.6 is 0 Å². The number of rotatable bonds is 7. The quantitative estimate of drug-likeness (QED) is 0.722. The fourth-order valence-corrected chi connectivity index (χ4v) is 2.59. The Labute approximate surface area is 111 Å². The third-order valence-corrected chi connectivity index (χ3v) is 3.70. The van der Waals surface area contributed by atoms with Crippen molar-refractivity contribution in [1.82, 2.24) is 10.6 Å². The van der Waals surface area contributed by atoms with Crippen LogP contribution < -0.4 is 10.6 Å². The molecule has 2 N–H and O–H groups in total. The number of aryl methyl sites for hydroxylation is 3. The van der Waals surface area contributed by atoms with Gasteiger partial charge in [-0.2, -0.15) is 0 Å². The van der Waals surface area contributed by atoms with Crippen molar-refractivity contribution in [3.63, 3.8) is 0 Å². The van der Waals surface area contributed by atoms with Crippen molar-refractivity contribution < 1.29 is 0 Å². The highest BCUT2D eigenvalue weighted by Crippen LogP contribution is 2.18. The Morgan fingerprint density at radius 3 is 2.28 bits per heavy atom. The molecule has 1 aliphatic carbocycles. The van der Waals surface area contributed by atoms with E-state index in [1.165, 1.54) is 35.1 Å². The van der Waals surface area contributed by atoms with Gasteiger partial charge in [-0.3, -0.25) is 0 Å². The summed E-state index contributed by atoms with van der Waals surface area (Å²) < 4.78 is 0. The van der Waals surface area contributed by atoms with E-state index in [4.69, 9.17) is 0 Å². The van der Waals surface area contributed by atoms with Crippen LogP contribution in [0.25, 0.3) is 0 Å². The van der Waals surface area contributed by atoms with Gasteiger partial charge in [0.05, 0.1) is 0 Å². The summed E-state index contributed by atoms with van der Waals surface area (Å²) in [6.07, 6.45) is 3.89. The lowest BCUT2D eigenvalue weighted by molar-refractivity contribution is 0.608. The monoisotopic (exact) mass is 246 g/mol. The summed E-state index contributed by atoms with van der Waals surface area (Å²) in [6.45, 7) is 9.90. The second kappa shape index (κ2) is 6.35. The second-order valence-electron chi connectivity index (χ2n) is 5.61. The predicted octanol–water partition coefficient (Wildman–Crippen LogP) is 2.50. The SMILES string of the molecule is Cc1cc(C)c(CCNCCNC2CC2)c(C)c1. The average molecular weight is 246 g/mol. The summed E-state index contributed by atoms with van der Waals surface area (Å²) in [5.74, 6) is 0. The van der Waals surface area contributed by atoms with E-state index in [1.54, 1.807) is 0 Å². The molecule has 1 fully saturated rings. The molecule has 0 aliphatic heterocycles. The van der Waals surface area contributed by atoms with E-state index in [0.29, 0.717) is 0 Å². The molecule has 2 nitrogen and oxygen atoms in total. The van der Waals surface area contributed by atoms with Crippen LogP contribution in [0.3, 0.4) is 0 Å². The molecule has 0 spiro atoms. The minimum atomic E-state index is 0.827. The Hall–Kier alpha value is -0.860. The van der Waals surface area contributed by atoms with E-state index < -0.39 is 0 Å². The standard InChI is InChI=1S/C16H26N2/c1-12-10-13(2)16(14(3)11-12)6-7-17-8-9-18-15-4-5-15/h10-11,15,17-18H,4-9H2,1-3H3. The number of benzene rings is 1. The maximum Gasteiger partial charge on any atom is 0.00793 e. The van der Waals surface area contributed by atoms with Crippen LogP contribution in [-0.2, 0) is 6.42 Å². The zero-order valence-electron chi connectivity index (χ0n) is 12.0. The van der Waals surface area contributed by atoms with Crippen LogP contribution in [-0.4, -0.2) is 25.7 Å². The highest BCUT2D eigenvalue weighted by molar-refractivity contribution is 5.37. The van der Waals surface area contributed by atoms with Gasteiger partial charge in [0.1, 0.15) is 0 Å². The van der Waals surface area contributed by atoms with E-state index in [-0.39, 0.29) is 0 Å². The number of hydrogen-bond acceptors (Lipinski definition) is 2. The lowest BCUT2D eigenvalue weighted by atomic mass is 9.97. The molecule has 0 unspecified atom stereocenters. The molecule has 0 aromatic heterocycles. The van der Waals surface area contributed by atoms with Crippen LogP contribution in [0.4, 0.5) is 0 Å². The van der Waals surface area contributed by atoms with Gasteiger partial charge in [-0.1, -0.05) is 17.7 Å². The molecule has 2 rings (SSSR count). The Balaban J connectivity index is 1.68. The molecule has 1 saturated carbocycles. The van der Waals surface area contributed by atoms with Gasteiger partial charge in [0.2, 0.25) is 0 Å². The molecule has 0 radical (unpaired) electrons. The van der Waals surface area contributed by atoms with Crippen molar-refractivity contribution >= 4 is 0 Å². The van der Waals surface area contributed by atoms with Crippen molar-refractivity contribution in [2.45, 2.75) is 46.1 Å². The van der Waals surface area contributed by atoms with Gasteiger partial charge < -0.3 is 10.6 Å². The second-order valence-corrected chi connectivity index (χ2v) is 5.61. The van der Waals surface area contributed by atoms with Crippen LogP contribution in [0.5, 0.6) is 0 Å². The van der Waals surface area contributed by atoms with E-state index in [9.17, 15) is 0 Å². The highest BCUT2D eigenvalue weighted by atomic mass is 15.0. The molecular weight excluding hydrogens is 220 g/mol. The molecule has 1 aliphatic rings. The highest BCUT2D eigenvalue weighted by Gasteiger charge is 2.19. The lowest BCUT2D eigenvalue weighted by Gasteiger charge is -2.12. The van der Waals surface area contributed by atoms with Crippen LogP contribution in [0.2, 0.25) is 0 Å². The van der Waals surface area contributed by atoms with Gasteiger partial charge >= 0.3 is 0 Å². The van der Waals surface area contributed by atoms with Crippen molar-refractivity contribution in [2.24, 2.45) is 0 Å². The topological polar surface area (TPSA) is 24.1 Å². The zero-order chi connectivity index (χ0) is 13.0. The normalized spacial score (nSPS) is 15.1. The Morgan fingerprint density at radius 1 is 1.00 bits per heavy atom. The molecule has 2 heteroatoms. The summed E-state index contributed by atoms with van der Waals surface area (Å²) in [7, 11) is 0. The van der Waals surface area contributed by atoms with E-state index in [0.717, 1.165) is 32.1 Å². The summed E-state index contributed by atoms with van der Waals surface area (Å²) in [5.41, 5.74) is 5.76. The first kappa shape index (κ1) is 13.6. The summed E-state index contributed by atoms with van der Waals surface area (Å²) in [5, 5.41) is 7.05. The molecule has 0 bridgehead atoms. The van der Waals surface area contributed by atoms with Crippen LogP contribution in [0.1, 0.15) is 35.1 Å². The summed E-state index contributed by atoms with van der Waals surface area (Å²) in [6, 6.07) is 5.40. The smallest absolute Gasteiger partial charge is 0.00793 e. The van der Waals surface area contributed by atoms with Gasteiger partial charge in [0, 0.05) is 19.1 Å². The molecular formula is C16H26N2. The number of hydrogen-bond donors (Lipinski definition) is 2. The molecule has 0 amide bonds. The molecule has 1 aromatic carbocycles. The molecule has 100 valence electrons.